The van der Waals surface area contributed by atoms with Crippen LogP contribution in [-0.4, -0.2) is 19.6 Å². The van der Waals surface area contributed by atoms with Gasteiger partial charge in [0.2, 0.25) is 6.29 Å². The van der Waals surface area contributed by atoms with Crippen LogP contribution in [-0.2, 0) is 0 Å². The van der Waals surface area contributed by atoms with Crippen LogP contribution >= 0.6 is 0 Å². The Morgan fingerprint density at radius 3 is 2.92 bits per heavy atom. The van der Waals surface area contributed by atoms with E-state index < -0.39 is 6.29 Å². The lowest BCUT2D eigenvalue weighted by molar-refractivity contribution is -0.0497. The lowest BCUT2D eigenvalue weighted by atomic mass is 10.4. The van der Waals surface area contributed by atoms with Crippen LogP contribution in [0.3, 0.4) is 0 Å². The number of pyridine rings is 1. The fraction of sp³-hybridized carbons (Fsp3) is 0.125. The van der Waals surface area contributed by atoms with Crippen molar-refractivity contribution in [2.75, 3.05) is 0 Å². The van der Waals surface area contributed by atoms with Gasteiger partial charge in [-0.2, -0.15) is 0 Å². The smallest absolute Gasteiger partial charge is 0.212 e. The zero-order valence-electron chi connectivity index (χ0n) is 6.25. The van der Waals surface area contributed by atoms with Gasteiger partial charge in [0, 0.05) is 6.20 Å². The molecule has 2 aromatic rings. The first-order chi connectivity index (χ1) is 5.79. The van der Waals surface area contributed by atoms with E-state index in [0.29, 0.717) is 0 Å². The number of rotatable bonds is 1. The van der Waals surface area contributed by atoms with Crippen LogP contribution in [0.1, 0.15) is 12.1 Å². The Labute approximate surface area is 68.7 Å². The van der Waals surface area contributed by atoms with Gasteiger partial charge < -0.3 is 10.2 Å². The Balaban J connectivity index is 2.70. The van der Waals surface area contributed by atoms with Gasteiger partial charge in [0.1, 0.15) is 0 Å². The van der Waals surface area contributed by atoms with Crippen molar-refractivity contribution in [1.29, 1.82) is 0 Å². The molecule has 0 aromatic carbocycles. The summed E-state index contributed by atoms with van der Waals surface area (Å²) in [7, 11) is 0. The summed E-state index contributed by atoms with van der Waals surface area (Å²) in [5, 5.41) is 17.8. The highest BCUT2D eigenvalue weighted by atomic mass is 16.5. The highest BCUT2D eigenvalue weighted by Crippen LogP contribution is 2.10. The number of fused-ring (bicyclic) bond motifs is 1. The van der Waals surface area contributed by atoms with Crippen LogP contribution in [0.5, 0.6) is 0 Å². The molecule has 2 aromatic heterocycles. The molecule has 0 aliphatic heterocycles. The summed E-state index contributed by atoms with van der Waals surface area (Å²) in [4.78, 5) is 3.86. The van der Waals surface area contributed by atoms with Crippen molar-refractivity contribution in [3.8, 4) is 0 Å². The molecule has 0 saturated carbocycles. The van der Waals surface area contributed by atoms with Gasteiger partial charge in [0.25, 0.3) is 0 Å². The molecule has 0 radical (unpaired) electrons. The quantitative estimate of drug-likeness (QED) is 0.596. The summed E-state index contributed by atoms with van der Waals surface area (Å²) in [5.41, 5.74) is 0.848. The van der Waals surface area contributed by atoms with Gasteiger partial charge in [-0.25, -0.2) is 4.98 Å². The maximum atomic E-state index is 8.88. The molecule has 4 heteroatoms. The molecule has 12 heavy (non-hydrogen) atoms. The minimum Gasteiger partial charge on any atom is -0.362 e. The molecule has 0 atom stereocenters. The summed E-state index contributed by atoms with van der Waals surface area (Å²) < 4.78 is 1.63. The number of aromatic nitrogens is 2. The van der Waals surface area contributed by atoms with E-state index in [9.17, 15) is 0 Å². The first-order valence-electron chi connectivity index (χ1n) is 3.57. The number of aliphatic hydroxyl groups is 2. The minimum atomic E-state index is -1.52. The summed E-state index contributed by atoms with van der Waals surface area (Å²) in [5.74, 6) is 0.241. The van der Waals surface area contributed by atoms with Gasteiger partial charge in [-0.05, 0) is 12.1 Å². The van der Waals surface area contributed by atoms with Crippen LogP contribution < -0.4 is 0 Å². The highest BCUT2D eigenvalue weighted by molar-refractivity contribution is 5.45. The van der Waals surface area contributed by atoms with E-state index in [1.807, 2.05) is 12.1 Å². The van der Waals surface area contributed by atoms with Gasteiger partial charge in [0.15, 0.2) is 5.82 Å². The van der Waals surface area contributed by atoms with Gasteiger partial charge in [0.05, 0.1) is 11.7 Å². The molecule has 0 saturated heterocycles. The van der Waals surface area contributed by atoms with Gasteiger partial charge >= 0.3 is 0 Å². The number of aliphatic hydroxyl groups excluding tert-OH is 1. The molecule has 0 aliphatic rings. The van der Waals surface area contributed by atoms with Gasteiger partial charge in [-0.1, -0.05) is 6.07 Å². The van der Waals surface area contributed by atoms with E-state index in [1.165, 1.54) is 0 Å². The summed E-state index contributed by atoms with van der Waals surface area (Å²) in [6.07, 6.45) is 1.81. The normalized spacial score (nSPS) is 11.2. The van der Waals surface area contributed by atoms with Crippen molar-refractivity contribution in [3.63, 3.8) is 0 Å². The van der Waals surface area contributed by atoms with E-state index in [2.05, 4.69) is 4.98 Å². The third kappa shape index (κ3) is 0.975. The number of imidazole rings is 1. The van der Waals surface area contributed by atoms with Gasteiger partial charge in [-0.3, -0.25) is 4.40 Å². The molecular formula is C8H8N2O2. The molecule has 62 valence electrons. The molecule has 0 bridgehead atoms. The van der Waals surface area contributed by atoms with E-state index in [0.717, 1.165) is 5.52 Å². The largest absolute Gasteiger partial charge is 0.362 e. The third-order valence-electron chi connectivity index (χ3n) is 1.70. The second-order valence-corrected chi connectivity index (χ2v) is 2.49. The standard InChI is InChI=1S/C8H8N2O2/c11-8(12)7-9-5-6-3-1-2-4-10(6)7/h1-5,8,11-12H. The molecule has 2 N–H and O–H groups in total. The van der Waals surface area contributed by atoms with Crippen LogP contribution in [0.4, 0.5) is 0 Å². The fourth-order valence-electron chi connectivity index (χ4n) is 1.16. The predicted molar refractivity (Wildman–Crippen MR) is 42.4 cm³/mol. The van der Waals surface area contributed by atoms with E-state index in [4.69, 9.17) is 10.2 Å². The average Bonchev–Trinajstić information content (AvgIpc) is 2.47. The Bertz CT molecular complexity index is 395. The molecule has 0 fully saturated rings. The summed E-state index contributed by atoms with van der Waals surface area (Å²) in [6, 6.07) is 5.52. The third-order valence-corrected chi connectivity index (χ3v) is 1.70. The molecule has 0 unspecified atom stereocenters. The zero-order valence-corrected chi connectivity index (χ0v) is 6.25. The number of hydrogen-bond donors (Lipinski definition) is 2. The lowest BCUT2D eigenvalue weighted by Gasteiger charge is -2.01. The van der Waals surface area contributed by atoms with E-state index in [-0.39, 0.29) is 5.82 Å². The Hall–Kier alpha value is -1.39. The highest BCUT2D eigenvalue weighted by Gasteiger charge is 2.08. The summed E-state index contributed by atoms with van der Waals surface area (Å²) >= 11 is 0. The topological polar surface area (TPSA) is 57.8 Å². The second-order valence-electron chi connectivity index (χ2n) is 2.49. The Morgan fingerprint density at radius 1 is 1.33 bits per heavy atom. The first-order valence-corrected chi connectivity index (χ1v) is 3.57. The Morgan fingerprint density at radius 2 is 2.17 bits per heavy atom. The van der Waals surface area contributed by atoms with Crippen molar-refractivity contribution in [2.24, 2.45) is 0 Å². The van der Waals surface area contributed by atoms with Crippen molar-refractivity contribution in [3.05, 3.63) is 36.4 Å². The summed E-state index contributed by atoms with van der Waals surface area (Å²) in [6.45, 7) is 0. The maximum absolute atomic E-state index is 8.88. The number of hydrogen-bond acceptors (Lipinski definition) is 3. The molecule has 0 spiro atoms. The van der Waals surface area contributed by atoms with Crippen LogP contribution in [0.2, 0.25) is 0 Å². The second kappa shape index (κ2) is 2.58. The molecule has 2 heterocycles. The Kier molecular flexibility index (Phi) is 1.56. The van der Waals surface area contributed by atoms with Crippen molar-refractivity contribution >= 4 is 5.52 Å². The van der Waals surface area contributed by atoms with Crippen molar-refractivity contribution in [1.82, 2.24) is 9.38 Å². The SMILES string of the molecule is OC(O)c1ncc2ccccn12. The molecule has 4 nitrogen and oxygen atoms in total. The van der Waals surface area contributed by atoms with Crippen LogP contribution in [0, 0.1) is 0 Å². The first kappa shape index (κ1) is 7.27. The molecular weight excluding hydrogens is 156 g/mol. The lowest BCUT2D eigenvalue weighted by Crippen LogP contribution is -2.01. The fourth-order valence-corrected chi connectivity index (χ4v) is 1.16. The van der Waals surface area contributed by atoms with Crippen LogP contribution in [0.15, 0.2) is 30.6 Å². The van der Waals surface area contributed by atoms with Crippen molar-refractivity contribution in [2.45, 2.75) is 6.29 Å². The van der Waals surface area contributed by atoms with Crippen molar-refractivity contribution < 1.29 is 10.2 Å². The molecule has 0 aliphatic carbocycles. The maximum Gasteiger partial charge on any atom is 0.212 e. The minimum absolute atomic E-state index is 0.241. The number of nitrogens with zero attached hydrogens (tertiary/aromatic N) is 2. The van der Waals surface area contributed by atoms with E-state index >= 15 is 0 Å². The molecule has 0 amide bonds. The zero-order chi connectivity index (χ0) is 8.55. The molecule has 2 rings (SSSR count). The van der Waals surface area contributed by atoms with E-state index in [1.54, 1.807) is 22.9 Å². The monoisotopic (exact) mass is 164 g/mol. The van der Waals surface area contributed by atoms with Crippen LogP contribution in [0.25, 0.3) is 5.52 Å². The average molecular weight is 164 g/mol. The predicted octanol–water partition coefficient (Wildman–Crippen LogP) is 0.317. The van der Waals surface area contributed by atoms with Gasteiger partial charge in [-0.15, -0.1) is 0 Å².